The second kappa shape index (κ2) is 8.01. The average molecular weight is 383 g/mol. The van der Waals surface area contributed by atoms with Crippen LogP contribution < -0.4 is 20.1 Å². The molecular formula is C22H26N2O2S. The predicted molar refractivity (Wildman–Crippen MR) is 115 cm³/mol. The van der Waals surface area contributed by atoms with Crippen molar-refractivity contribution in [3.8, 4) is 11.5 Å². The predicted octanol–water partition coefficient (Wildman–Crippen LogP) is 5.15. The third-order valence-electron chi connectivity index (χ3n) is 4.39. The Bertz CT molecular complexity index is 848. The van der Waals surface area contributed by atoms with E-state index in [9.17, 15) is 0 Å². The summed E-state index contributed by atoms with van der Waals surface area (Å²) in [5.74, 6) is 1.70. The van der Waals surface area contributed by atoms with E-state index in [-0.39, 0.29) is 11.6 Å². The largest absolute Gasteiger partial charge is 0.489 e. The summed E-state index contributed by atoms with van der Waals surface area (Å²) < 4.78 is 11.7. The highest BCUT2D eigenvalue weighted by atomic mass is 32.1. The van der Waals surface area contributed by atoms with Crippen molar-refractivity contribution in [2.24, 2.45) is 0 Å². The average Bonchev–Trinajstić information content (AvgIpc) is 2.58. The molecule has 1 heterocycles. The summed E-state index contributed by atoms with van der Waals surface area (Å²) in [5, 5.41) is 7.27. The molecule has 1 aliphatic heterocycles. The molecule has 0 amide bonds. The third-order valence-corrected chi connectivity index (χ3v) is 4.61. The molecule has 3 rings (SSSR count). The van der Waals surface area contributed by atoms with E-state index in [1.54, 1.807) is 6.08 Å². The zero-order valence-electron chi connectivity index (χ0n) is 16.0. The lowest BCUT2D eigenvalue weighted by atomic mass is 9.89. The molecule has 2 aromatic rings. The van der Waals surface area contributed by atoms with Crippen molar-refractivity contribution >= 4 is 23.0 Å². The molecule has 0 aliphatic carbocycles. The number of thiocarbonyl (C=S) groups is 1. The fraction of sp³-hybridized carbons (Fsp3) is 0.318. The van der Waals surface area contributed by atoms with Crippen molar-refractivity contribution in [1.29, 1.82) is 0 Å². The number of hydrogen-bond donors (Lipinski definition) is 2. The van der Waals surface area contributed by atoms with Gasteiger partial charge < -0.3 is 20.1 Å². The van der Waals surface area contributed by atoms with Crippen LogP contribution in [-0.4, -0.2) is 17.3 Å². The highest BCUT2D eigenvalue weighted by Gasteiger charge is 2.34. The molecule has 0 bridgehead atoms. The molecule has 0 spiro atoms. The molecule has 0 saturated carbocycles. The van der Waals surface area contributed by atoms with E-state index >= 15 is 0 Å². The number of nitrogens with one attached hydrogen (secondary N) is 2. The maximum Gasteiger partial charge on any atom is 0.171 e. The molecule has 2 N–H and O–H groups in total. The van der Waals surface area contributed by atoms with Crippen molar-refractivity contribution in [1.82, 2.24) is 5.32 Å². The Morgan fingerprint density at radius 3 is 2.93 bits per heavy atom. The minimum absolute atomic E-state index is 0.0875. The van der Waals surface area contributed by atoms with Gasteiger partial charge in [-0.05, 0) is 56.8 Å². The normalized spacial score (nSPS) is 17.2. The molecule has 1 atom stereocenters. The molecule has 0 saturated heterocycles. The van der Waals surface area contributed by atoms with Crippen LogP contribution in [0.1, 0.15) is 37.4 Å². The van der Waals surface area contributed by atoms with E-state index in [2.05, 4.69) is 56.2 Å². The summed E-state index contributed by atoms with van der Waals surface area (Å²) in [7, 11) is 0. The Hall–Kier alpha value is -2.53. The smallest absolute Gasteiger partial charge is 0.171 e. The van der Waals surface area contributed by atoms with Crippen molar-refractivity contribution < 1.29 is 9.47 Å². The molecule has 0 fully saturated rings. The second-order valence-corrected chi connectivity index (χ2v) is 7.79. The molecule has 2 aromatic carbocycles. The van der Waals surface area contributed by atoms with E-state index in [1.165, 1.54) is 5.56 Å². The van der Waals surface area contributed by atoms with Crippen LogP contribution in [0.4, 0.5) is 5.69 Å². The summed E-state index contributed by atoms with van der Waals surface area (Å²) >= 11 is 5.56. The van der Waals surface area contributed by atoms with Gasteiger partial charge in [0.25, 0.3) is 0 Å². The SMILES string of the molecule is C=CCOc1cccc(NC(=S)N[C@H]2CC(C)(C)Oc3cc(C)ccc32)c1. The highest BCUT2D eigenvalue weighted by Crippen LogP contribution is 2.39. The summed E-state index contributed by atoms with van der Waals surface area (Å²) in [6.07, 6.45) is 2.55. The number of ether oxygens (including phenoxy) is 2. The summed E-state index contributed by atoms with van der Waals surface area (Å²) in [6, 6.07) is 14.1. The summed E-state index contributed by atoms with van der Waals surface area (Å²) in [6.45, 7) is 10.4. The number of anilines is 1. The lowest BCUT2D eigenvalue weighted by molar-refractivity contribution is 0.0696. The van der Waals surface area contributed by atoms with Crippen LogP contribution in [0, 0.1) is 6.92 Å². The molecule has 27 heavy (non-hydrogen) atoms. The van der Waals surface area contributed by atoms with Crippen LogP contribution in [0.3, 0.4) is 0 Å². The molecule has 1 aliphatic rings. The number of fused-ring (bicyclic) bond motifs is 1. The Balaban J connectivity index is 1.72. The molecular weight excluding hydrogens is 356 g/mol. The zero-order chi connectivity index (χ0) is 19.4. The van der Waals surface area contributed by atoms with Crippen molar-refractivity contribution in [2.45, 2.75) is 38.8 Å². The maximum atomic E-state index is 6.16. The minimum Gasteiger partial charge on any atom is -0.489 e. The molecule has 0 unspecified atom stereocenters. The quantitative estimate of drug-likeness (QED) is 0.553. The fourth-order valence-electron chi connectivity index (χ4n) is 3.23. The lowest BCUT2D eigenvalue weighted by Gasteiger charge is -2.38. The van der Waals surface area contributed by atoms with Crippen LogP contribution in [0.5, 0.6) is 11.5 Å². The second-order valence-electron chi connectivity index (χ2n) is 7.39. The van der Waals surface area contributed by atoms with Crippen LogP contribution in [0.2, 0.25) is 0 Å². The highest BCUT2D eigenvalue weighted by molar-refractivity contribution is 7.80. The number of hydrogen-bond acceptors (Lipinski definition) is 3. The van der Waals surface area contributed by atoms with E-state index in [0.717, 1.165) is 29.2 Å². The molecule has 0 aromatic heterocycles. The Labute approximate surface area is 166 Å². The maximum absolute atomic E-state index is 6.16. The van der Waals surface area contributed by atoms with Crippen LogP contribution >= 0.6 is 12.2 Å². The first kappa shape index (κ1) is 19.2. The van der Waals surface area contributed by atoms with Gasteiger partial charge in [-0.2, -0.15) is 0 Å². The van der Waals surface area contributed by atoms with Crippen molar-refractivity contribution in [3.05, 3.63) is 66.2 Å². The third kappa shape index (κ3) is 5.01. The van der Waals surface area contributed by atoms with Crippen molar-refractivity contribution in [3.63, 3.8) is 0 Å². The first-order chi connectivity index (χ1) is 12.9. The van der Waals surface area contributed by atoms with Gasteiger partial charge in [-0.3, -0.25) is 0 Å². The first-order valence-electron chi connectivity index (χ1n) is 9.07. The molecule has 0 radical (unpaired) electrons. The topological polar surface area (TPSA) is 42.5 Å². The van der Waals surface area contributed by atoms with Crippen LogP contribution in [0.15, 0.2) is 55.1 Å². The van der Waals surface area contributed by atoms with Gasteiger partial charge in [-0.1, -0.05) is 30.9 Å². The van der Waals surface area contributed by atoms with Crippen LogP contribution in [-0.2, 0) is 0 Å². The Kier molecular flexibility index (Phi) is 5.71. The Morgan fingerprint density at radius 2 is 2.15 bits per heavy atom. The summed E-state index contributed by atoms with van der Waals surface area (Å²) in [4.78, 5) is 0. The fourth-order valence-corrected chi connectivity index (χ4v) is 3.49. The van der Waals surface area contributed by atoms with Gasteiger partial charge in [-0.15, -0.1) is 0 Å². The van der Waals surface area contributed by atoms with Crippen LogP contribution in [0.25, 0.3) is 0 Å². The van der Waals surface area contributed by atoms with Crippen molar-refractivity contribution in [2.75, 3.05) is 11.9 Å². The molecule has 4 nitrogen and oxygen atoms in total. The first-order valence-corrected chi connectivity index (χ1v) is 9.48. The minimum atomic E-state index is -0.257. The lowest BCUT2D eigenvalue weighted by Crippen LogP contribution is -2.42. The van der Waals surface area contributed by atoms with Gasteiger partial charge in [0, 0.05) is 23.7 Å². The molecule has 142 valence electrons. The van der Waals surface area contributed by atoms with E-state index < -0.39 is 0 Å². The van der Waals surface area contributed by atoms with Gasteiger partial charge >= 0.3 is 0 Å². The van der Waals surface area contributed by atoms with E-state index in [0.29, 0.717) is 11.7 Å². The van der Waals surface area contributed by atoms with Gasteiger partial charge in [0.15, 0.2) is 5.11 Å². The van der Waals surface area contributed by atoms with Gasteiger partial charge in [0.05, 0.1) is 6.04 Å². The van der Waals surface area contributed by atoms with Gasteiger partial charge in [0.1, 0.15) is 23.7 Å². The number of aryl methyl sites for hydroxylation is 1. The zero-order valence-corrected chi connectivity index (χ0v) is 16.9. The van der Waals surface area contributed by atoms with Gasteiger partial charge in [0.2, 0.25) is 0 Å². The number of benzene rings is 2. The van der Waals surface area contributed by atoms with E-state index in [4.69, 9.17) is 21.7 Å². The standard InChI is InChI=1S/C22H26N2O2S/c1-5-11-25-17-8-6-7-16(13-17)23-21(27)24-19-14-22(3,4)26-20-12-15(2)9-10-18(19)20/h5-10,12-13,19H,1,11,14H2,2-4H3,(H2,23,24,27)/t19-/m0/s1. The van der Waals surface area contributed by atoms with E-state index in [1.807, 2.05) is 24.3 Å². The Morgan fingerprint density at radius 1 is 1.33 bits per heavy atom. The monoisotopic (exact) mass is 382 g/mol. The molecule has 5 heteroatoms. The van der Waals surface area contributed by atoms with Gasteiger partial charge in [-0.25, -0.2) is 0 Å². The number of rotatable bonds is 5. The summed E-state index contributed by atoms with van der Waals surface area (Å²) in [5.41, 5.74) is 2.94.